The summed E-state index contributed by atoms with van der Waals surface area (Å²) in [6.45, 7) is 0. The summed E-state index contributed by atoms with van der Waals surface area (Å²) in [6, 6.07) is 7.51. The molecular weight excluding hydrogens is 232 g/mol. The summed E-state index contributed by atoms with van der Waals surface area (Å²) in [7, 11) is 0. The SMILES string of the molecule is N#Cc1nc2cc(CBr)ccc2o1. The third-order valence-electron chi connectivity index (χ3n) is 1.70. The zero-order valence-electron chi connectivity index (χ0n) is 6.62. The van der Waals surface area contributed by atoms with Gasteiger partial charge in [0.2, 0.25) is 0 Å². The maximum Gasteiger partial charge on any atom is 0.301 e. The van der Waals surface area contributed by atoms with Gasteiger partial charge in [0.25, 0.3) is 0 Å². The Labute approximate surface area is 83.1 Å². The molecule has 1 heterocycles. The Morgan fingerprint density at radius 2 is 2.38 bits per heavy atom. The van der Waals surface area contributed by atoms with E-state index in [9.17, 15) is 0 Å². The van der Waals surface area contributed by atoms with Gasteiger partial charge in [-0.1, -0.05) is 22.0 Å². The summed E-state index contributed by atoms with van der Waals surface area (Å²) in [6.07, 6.45) is 0. The molecule has 1 aromatic carbocycles. The second-order valence-electron chi connectivity index (χ2n) is 2.57. The predicted molar refractivity (Wildman–Crippen MR) is 51.4 cm³/mol. The minimum absolute atomic E-state index is 0.113. The molecule has 0 aliphatic carbocycles. The van der Waals surface area contributed by atoms with Gasteiger partial charge in [-0.05, 0) is 17.7 Å². The van der Waals surface area contributed by atoms with Crippen molar-refractivity contribution in [3.05, 3.63) is 29.7 Å². The molecule has 0 saturated carbocycles. The van der Waals surface area contributed by atoms with Crippen molar-refractivity contribution in [2.75, 3.05) is 0 Å². The molecule has 3 nitrogen and oxygen atoms in total. The van der Waals surface area contributed by atoms with E-state index in [4.69, 9.17) is 9.68 Å². The highest BCUT2D eigenvalue weighted by molar-refractivity contribution is 9.08. The molecule has 2 rings (SSSR count). The van der Waals surface area contributed by atoms with Crippen molar-refractivity contribution in [2.45, 2.75) is 5.33 Å². The summed E-state index contributed by atoms with van der Waals surface area (Å²) in [5.41, 5.74) is 2.50. The Morgan fingerprint density at radius 3 is 3.08 bits per heavy atom. The molecule has 0 radical (unpaired) electrons. The number of fused-ring (bicyclic) bond motifs is 1. The minimum atomic E-state index is 0.113. The normalized spacial score (nSPS) is 10.2. The molecule has 0 N–H and O–H groups in total. The molecule has 0 amide bonds. The standard InChI is InChI=1S/C9H5BrN2O/c10-4-6-1-2-8-7(3-6)12-9(5-11)13-8/h1-3H,4H2. The summed E-state index contributed by atoms with van der Waals surface area (Å²) >= 11 is 3.34. The largest absolute Gasteiger partial charge is 0.428 e. The average molecular weight is 237 g/mol. The van der Waals surface area contributed by atoms with Crippen molar-refractivity contribution >= 4 is 27.0 Å². The number of benzene rings is 1. The lowest BCUT2D eigenvalue weighted by atomic mass is 10.2. The van der Waals surface area contributed by atoms with Gasteiger partial charge < -0.3 is 4.42 Å². The summed E-state index contributed by atoms with van der Waals surface area (Å²) in [5, 5.41) is 9.33. The molecule has 2 aromatic rings. The molecule has 0 spiro atoms. The number of alkyl halides is 1. The topological polar surface area (TPSA) is 49.8 Å². The van der Waals surface area contributed by atoms with Crippen molar-refractivity contribution in [1.29, 1.82) is 5.26 Å². The Kier molecular flexibility index (Phi) is 2.03. The van der Waals surface area contributed by atoms with Crippen LogP contribution in [0.15, 0.2) is 22.6 Å². The van der Waals surface area contributed by atoms with Crippen LogP contribution in [0.4, 0.5) is 0 Å². The molecule has 0 aliphatic rings. The van der Waals surface area contributed by atoms with Gasteiger partial charge in [0, 0.05) is 5.33 Å². The highest BCUT2D eigenvalue weighted by Gasteiger charge is 2.04. The van der Waals surface area contributed by atoms with Gasteiger partial charge in [-0.25, -0.2) is 0 Å². The molecule has 0 fully saturated rings. The van der Waals surface area contributed by atoms with E-state index in [-0.39, 0.29) is 5.89 Å². The molecule has 0 saturated heterocycles. The number of rotatable bonds is 1. The molecular formula is C9H5BrN2O. The third-order valence-corrected chi connectivity index (χ3v) is 2.35. The van der Waals surface area contributed by atoms with Crippen molar-refractivity contribution in [1.82, 2.24) is 4.98 Å². The second kappa shape index (κ2) is 3.19. The Morgan fingerprint density at radius 1 is 1.54 bits per heavy atom. The van der Waals surface area contributed by atoms with Crippen LogP contribution in [0.1, 0.15) is 11.5 Å². The van der Waals surface area contributed by atoms with Crippen LogP contribution >= 0.6 is 15.9 Å². The van der Waals surface area contributed by atoms with Crippen LogP contribution < -0.4 is 0 Å². The van der Waals surface area contributed by atoms with E-state index in [2.05, 4.69) is 20.9 Å². The van der Waals surface area contributed by atoms with E-state index >= 15 is 0 Å². The first-order valence-electron chi connectivity index (χ1n) is 3.69. The van der Waals surface area contributed by atoms with Gasteiger partial charge in [0.15, 0.2) is 11.7 Å². The van der Waals surface area contributed by atoms with Crippen LogP contribution in [0.5, 0.6) is 0 Å². The smallest absolute Gasteiger partial charge is 0.301 e. The highest BCUT2D eigenvalue weighted by Crippen LogP contribution is 2.17. The number of hydrogen-bond acceptors (Lipinski definition) is 3. The molecule has 13 heavy (non-hydrogen) atoms. The molecule has 0 bridgehead atoms. The van der Waals surface area contributed by atoms with Crippen LogP contribution in [0, 0.1) is 11.3 Å². The van der Waals surface area contributed by atoms with E-state index in [1.807, 2.05) is 24.3 Å². The quantitative estimate of drug-likeness (QED) is 0.716. The van der Waals surface area contributed by atoms with E-state index in [0.717, 1.165) is 16.4 Å². The van der Waals surface area contributed by atoms with E-state index in [1.165, 1.54) is 0 Å². The van der Waals surface area contributed by atoms with Crippen molar-refractivity contribution in [3.63, 3.8) is 0 Å². The van der Waals surface area contributed by atoms with Crippen LogP contribution in [-0.2, 0) is 5.33 Å². The summed E-state index contributed by atoms with van der Waals surface area (Å²) < 4.78 is 5.13. The first-order chi connectivity index (χ1) is 6.33. The van der Waals surface area contributed by atoms with Crippen LogP contribution in [-0.4, -0.2) is 4.98 Å². The van der Waals surface area contributed by atoms with Gasteiger partial charge in [-0.2, -0.15) is 10.2 Å². The Hall–Kier alpha value is -1.34. The van der Waals surface area contributed by atoms with Crippen LogP contribution in [0.25, 0.3) is 11.1 Å². The Bertz CT molecular complexity index is 484. The minimum Gasteiger partial charge on any atom is -0.428 e. The van der Waals surface area contributed by atoms with Crippen LogP contribution in [0.2, 0.25) is 0 Å². The van der Waals surface area contributed by atoms with Crippen molar-refractivity contribution in [2.24, 2.45) is 0 Å². The number of hydrogen-bond donors (Lipinski definition) is 0. The zero-order chi connectivity index (χ0) is 9.26. The average Bonchev–Trinajstić information content (AvgIpc) is 2.58. The fraction of sp³-hybridized carbons (Fsp3) is 0.111. The number of nitrogens with zero attached hydrogens (tertiary/aromatic N) is 2. The predicted octanol–water partition coefficient (Wildman–Crippen LogP) is 2.59. The first kappa shape index (κ1) is 8.27. The van der Waals surface area contributed by atoms with E-state index in [1.54, 1.807) is 0 Å². The van der Waals surface area contributed by atoms with E-state index < -0.39 is 0 Å². The Balaban J connectivity index is 2.65. The maximum atomic E-state index is 8.55. The molecule has 0 aliphatic heterocycles. The molecule has 4 heteroatoms. The fourth-order valence-corrected chi connectivity index (χ4v) is 1.45. The van der Waals surface area contributed by atoms with Gasteiger partial charge in [0.05, 0.1) is 0 Å². The second-order valence-corrected chi connectivity index (χ2v) is 3.13. The molecule has 64 valence electrons. The van der Waals surface area contributed by atoms with Crippen molar-refractivity contribution in [3.8, 4) is 6.07 Å². The van der Waals surface area contributed by atoms with Gasteiger partial charge in [0.1, 0.15) is 5.52 Å². The lowest BCUT2D eigenvalue weighted by Gasteiger charge is -1.91. The highest BCUT2D eigenvalue weighted by atomic mass is 79.9. The van der Waals surface area contributed by atoms with E-state index in [0.29, 0.717) is 5.58 Å². The zero-order valence-corrected chi connectivity index (χ0v) is 8.21. The number of aromatic nitrogens is 1. The van der Waals surface area contributed by atoms with Crippen LogP contribution in [0.3, 0.4) is 0 Å². The number of nitriles is 1. The summed E-state index contributed by atoms with van der Waals surface area (Å²) in [5.74, 6) is 0.113. The summed E-state index contributed by atoms with van der Waals surface area (Å²) in [4.78, 5) is 3.99. The van der Waals surface area contributed by atoms with Gasteiger partial charge in [-0.3, -0.25) is 0 Å². The maximum absolute atomic E-state index is 8.55. The first-order valence-corrected chi connectivity index (χ1v) is 4.81. The lowest BCUT2D eigenvalue weighted by Crippen LogP contribution is -1.76. The van der Waals surface area contributed by atoms with Crippen molar-refractivity contribution < 1.29 is 4.42 Å². The molecule has 0 atom stereocenters. The number of oxazole rings is 1. The fourth-order valence-electron chi connectivity index (χ4n) is 1.10. The third kappa shape index (κ3) is 1.43. The molecule has 1 aromatic heterocycles. The number of halogens is 1. The molecule has 0 unspecified atom stereocenters. The van der Waals surface area contributed by atoms with Gasteiger partial charge in [-0.15, -0.1) is 0 Å². The van der Waals surface area contributed by atoms with Gasteiger partial charge >= 0.3 is 5.89 Å². The lowest BCUT2D eigenvalue weighted by molar-refractivity contribution is 0.584. The monoisotopic (exact) mass is 236 g/mol.